The quantitative estimate of drug-likeness (QED) is 0.853. The fourth-order valence-electron chi connectivity index (χ4n) is 1.82. The Balaban J connectivity index is 2.22. The van der Waals surface area contributed by atoms with Crippen LogP contribution < -0.4 is 10.6 Å². The van der Waals surface area contributed by atoms with Crippen LogP contribution in [0.2, 0.25) is 0 Å². The first-order valence-electron chi connectivity index (χ1n) is 5.51. The minimum absolute atomic E-state index is 0.0232. The van der Waals surface area contributed by atoms with Crippen molar-refractivity contribution in [3.63, 3.8) is 0 Å². The highest BCUT2D eigenvalue weighted by molar-refractivity contribution is 5.49. The first-order valence-corrected chi connectivity index (χ1v) is 5.51. The van der Waals surface area contributed by atoms with E-state index < -0.39 is 11.6 Å². The fraction of sp³-hybridized carbons (Fsp3) is 0.500. The monoisotopic (exact) mass is 226 g/mol. The molecule has 16 heavy (non-hydrogen) atoms. The van der Waals surface area contributed by atoms with Gasteiger partial charge in [0, 0.05) is 25.7 Å². The second-order valence-electron chi connectivity index (χ2n) is 4.40. The standard InChI is InChI=1S/C12H16F2N2/c1-16(7-8-2-3-8)10-5-4-9(6-15)11(13)12(10)14/h4-5,8H,2-3,6-7,15H2,1H3. The summed E-state index contributed by atoms with van der Waals surface area (Å²) in [6.07, 6.45) is 2.38. The zero-order valence-corrected chi connectivity index (χ0v) is 9.34. The van der Waals surface area contributed by atoms with Gasteiger partial charge in [-0.05, 0) is 24.8 Å². The van der Waals surface area contributed by atoms with Crippen LogP contribution in [0.3, 0.4) is 0 Å². The van der Waals surface area contributed by atoms with Crippen molar-refractivity contribution in [3.8, 4) is 0 Å². The van der Waals surface area contributed by atoms with E-state index in [4.69, 9.17) is 5.73 Å². The number of nitrogens with two attached hydrogens (primary N) is 1. The molecule has 2 nitrogen and oxygen atoms in total. The third-order valence-electron chi connectivity index (χ3n) is 3.00. The number of benzene rings is 1. The van der Waals surface area contributed by atoms with Crippen molar-refractivity contribution in [2.24, 2.45) is 11.7 Å². The number of halogens is 2. The van der Waals surface area contributed by atoms with Gasteiger partial charge in [0.25, 0.3) is 0 Å². The first kappa shape index (κ1) is 11.3. The molecule has 2 N–H and O–H groups in total. The van der Waals surface area contributed by atoms with E-state index in [1.807, 2.05) is 0 Å². The van der Waals surface area contributed by atoms with Crippen molar-refractivity contribution < 1.29 is 8.78 Å². The predicted octanol–water partition coefficient (Wildman–Crippen LogP) is 2.27. The van der Waals surface area contributed by atoms with Crippen LogP contribution in [-0.4, -0.2) is 13.6 Å². The van der Waals surface area contributed by atoms with E-state index in [0.29, 0.717) is 11.6 Å². The number of anilines is 1. The molecule has 0 bridgehead atoms. The van der Waals surface area contributed by atoms with Gasteiger partial charge in [-0.1, -0.05) is 6.07 Å². The molecule has 1 fully saturated rings. The Morgan fingerprint density at radius 1 is 1.31 bits per heavy atom. The highest BCUT2D eigenvalue weighted by Gasteiger charge is 2.24. The van der Waals surface area contributed by atoms with Crippen molar-refractivity contribution in [3.05, 3.63) is 29.3 Å². The van der Waals surface area contributed by atoms with Crippen LogP contribution in [0.15, 0.2) is 12.1 Å². The van der Waals surface area contributed by atoms with Crippen molar-refractivity contribution in [2.45, 2.75) is 19.4 Å². The molecule has 0 spiro atoms. The first-order chi connectivity index (χ1) is 7.63. The Bertz CT molecular complexity index is 389. The van der Waals surface area contributed by atoms with Gasteiger partial charge in [0.2, 0.25) is 0 Å². The summed E-state index contributed by atoms with van der Waals surface area (Å²) in [5.74, 6) is -0.963. The van der Waals surface area contributed by atoms with E-state index >= 15 is 0 Å². The molecule has 0 saturated heterocycles. The molecular weight excluding hydrogens is 210 g/mol. The predicted molar refractivity (Wildman–Crippen MR) is 60.2 cm³/mol. The number of hydrogen-bond donors (Lipinski definition) is 1. The molecule has 0 atom stereocenters. The molecule has 1 aromatic carbocycles. The number of nitrogens with zero attached hydrogens (tertiary/aromatic N) is 1. The molecule has 4 heteroatoms. The largest absolute Gasteiger partial charge is 0.372 e. The summed E-state index contributed by atoms with van der Waals surface area (Å²) in [6.45, 7) is 0.813. The van der Waals surface area contributed by atoms with Crippen molar-refractivity contribution in [1.82, 2.24) is 0 Å². The molecule has 2 rings (SSSR count). The van der Waals surface area contributed by atoms with E-state index in [0.717, 1.165) is 6.54 Å². The summed E-state index contributed by atoms with van der Waals surface area (Å²) < 4.78 is 27.2. The van der Waals surface area contributed by atoms with Gasteiger partial charge < -0.3 is 10.6 Å². The summed E-state index contributed by atoms with van der Waals surface area (Å²) in [5.41, 5.74) is 5.86. The van der Waals surface area contributed by atoms with Gasteiger partial charge in [-0.15, -0.1) is 0 Å². The molecule has 0 radical (unpaired) electrons. The van der Waals surface area contributed by atoms with Gasteiger partial charge in [-0.25, -0.2) is 8.78 Å². The molecule has 0 aliphatic heterocycles. The highest BCUT2D eigenvalue weighted by Crippen LogP contribution is 2.32. The molecule has 1 aliphatic carbocycles. The highest BCUT2D eigenvalue weighted by atomic mass is 19.2. The summed E-state index contributed by atoms with van der Waals surface area (Å²) in [4.78, 5) is 1.77. The zero-order valence-electron chi connectivity index (χ0n) is 9.34. The van der Waals surface area contributed by atoms with Crippen molar-refractivity contribution in [2.75, 3.05) is 18.5 Å². The second kappa shape index (κ2) is 4.37. The fourth-order valence-corrected chi connectivity index (χ4v) is 1.82. The third-order valence-corrected chi connectivity index (χ3v) is 3.00. The lowest BCUT2D eigenvalue weighted by atomic mass is 10.1. The Kier molecular flexibility index (Phi) is 3.10. The van der Waals surface area contributed by atoms with Crippen molar-refractivity contribution in [1.29, 1.82) is 0 Å². The van der Waals surface area contributed by atoms with Gasteiger partial charge >= 0.3 is 0 Å². The molecule has 1 aliphatic rings. The summed E-state index contributed by atoms with van der Waals surface area (Å²) in [5, 5.41) is 0. The number of rotatable bonds is 4. The van der Waals surface area contributed by atoms with Crippen LogP contribution in [-0.2, 0) is 6.54 Å². The van der Waals surface area contributed by atoms with Gasteiger partial charge in [-0.3, -0.25) is 0 Å². The normalized spacial score (nSPS) is 15.2. The summed E-state index contributed by atoms with van der Waals surface area (Å²) >= 11 is 0. The molecule has 1 saturated carbocycles. The average Bonchev–Trinajstić information content (AvgIpc) is 3.05. The van der Waals surface area contributed by atoms with E-state index in [9.17, 15) is 8.78 Å². The molecule has 0 unspecified atom stereocenters. The topological polar surface area (TPSA) is 29.3 Å². The Morgan fingerprint density at radius 2 is 2.00 bits per heavy atom. The molecule has 0 aromatic heterocycles. The average molecular weight is 226 g/mol. The van der Waals surface area contributed by atoms with Crippen LogP contribution in [0.25, 0.3) is 0 Å². The van der Waals surface area contributed by atoms with E-state index in [1.54, 1.807) is 24.1 Å². The van der Waals surface area contributed by atoms with Crippen LogP contribution in [0, 0.1) is 17.6 Å². The molecule has 1 aromatic rings. The van der Waals surface area contributed by atoms with Crippen LogP contribution in [0.1, 0.15) is 18.4 Å². The molecular formula is C12H16F2N2. The SMILES string of the molecule is CN(CC1CC1)c1ccc(CN)c(F)c1F. The Morgan fingerprint density at radius 3 is 2.56 bits per heavy atom. The van der Waals surface area contributed by atoms with Crippen LogP contribution >= 0.6 is 0 Å². The maximum absolute atomic E-state index is 13.7. The van der Waals surface area contributed by atoms with Crippen LogP contribution in [0.5, 0.6) is 0 Å². The molecule has 88 valence electrons. The van der Waals surface area contributed by atoms with Gasteiger partial charge in [0.15, 0.2) is 11.6 Å². The lowest BCUT2D eigenvalue weighted by Crippen LogP contribution is -2.22. The third kappa shape index (κ3) is 2.16. The van der Waals surface area contributed by atoms with E-state index in [2.05, 4.69) is 0 Å². The summed E-state index contributed by atoms with van der Waals surface area (Å²) in [6, 6.07) is 3.15. The molecule has 0 amide bonds. The second-order valence-corrected chi connectivity index (χ2v) is 4.40. The smallest absolute Gasteiger partial charge is 0.182 e. The maximum atomic E-state index is 13.7. The summed E-state index contributed by atoms with van der Waals surface area (Å²) in [7, 11) is 1.79. The number of hydrogen-bond acceptors (Lipinski definition) is 2. The molecule has 0 heterocycles. The Hall–Kier alpha value is -1.16. The van der Waals surface area contributed by atoms with Gasteiger partial charge in [0.1, 0.15) is 0 Å². The van der Waals surface area contributed by atoms with Crippen LogP contribution in [0.4, 0.5) is 14.5 Å². The Labute approximate surface area is 94.0 Å². The zero-order chi connectivity index (χ0) is 11.7. The minimum Gasteiger partial charge on any atom is -0.372 e. The van der Waals surface area contributed by atoms with Crippen molar-refractivity contribution >= 4 is 5.69 Å². The van der Waals surface area contributed by atoms with Gasteiger partial charge in [-0.2, -0.15) is 0 Å². The lowest BCUT2D eigenvalue weighted by Gasteiger charge is -2.20. The maximum Gasteiger partial charge on any atom is 0.182 e. The van der Waals surface area contributed by atoms with E-state index in [-0.39, 0.29) is 12.1 Å². The van der Waals surface area contributed by atoms with E-state index in [1.165, 1.54) is 12.8 Å². The lowest BCUT2D eigenvalue weighted by molar-refractivity contribution is 0.497. The van der Waals surface area contributed by atoms with Gasteiger partial charge in [0.05, 0.1) is 5.69 Å². The minimum atomic E-state index is -0.817.